The number of rotatable bonds is 3. The summed E-state index contributed by atoms with van der Waals surface area (Å²) in [6.45, 7) is 3.39. The van der Waals surface area contributed by atoms with Crippen LogP contribution in [0.4, 0.5) is 0 Å². The zero-order valence-corrected chi connectivity index (χ0v) is 7.08. The average Bonchev–Trinajstić information content (AvgIpc) is 1.82. The number of nitrogens with one attached hydrogen (secondary N) is 1. The van der Waals surface area contributed by atoms with Crippen LogP contribution in [0, 0.1) is 0 Å². The molecule has 0 aliphatic rings. The number of hydrogen-bond acceptors (Lipinski definition) is 2. The second-order valence-corrected chi connectivity index (χ2v) is 2.32. The number of hydrogen-bond donors (Lipinski definition) is 1. The Hall–Kier alpha value is -0.470. The first kappa shape index (κ1) is 9.53. The summed E-state index contributed by atoms with van der Waals surface area (Å²) in [4.78, 5) is 3.68. The summed E-state index contributed by atoms with van der Waals surface area (Å²) in [7, 11) is 1.65. The van der Waals surface area contributed by atoms with Crippen molar-refractivity contribution in [2.75, 3.05) is 7.05 Å². The molecular weight excluding hydrogens is 171 g/mol. The van der Waals surface area contributed by atoms with Crippen molar-refractivity contribution in [2.24, 2.45) is 4.99 Å². The van der Waals surface area contributed by atoms with E-state index in [2.05, 4.69) is 16.9 Å². The highest BCUT2D eigenvalue weighted by Gasteiger charge is 1.87. The van der Waals surface area contributed by atoms with Gasteiger partial charge in [0.05, 0.1) is 5.16 Å². The topological polar surface area (TPSA) is 24.4 Å². The maximum atomic E-state index is 5.57. The molecule has 0 aromatic heterocycles. The molecule has 0 spiro atoms. The summed E-state index contributed by atoms with van der Waals surface area (Å²) < 4.78 is 0. The molecule has 0 saturated carbocycles. The van der Waals surface area contributed by atoms with Crippen molar-refractivity contribution >= 4 is 29.4 Å². The standard InChI is InChI=1S/C6H8Cl2N2/c1-5(7)10-6(8)3-4-9-2/h3-4,10H,1H2,2H3. The van der Waals surface area contributed by atoms with E-state index in [1.807, 2.05) is 0 Å². The molecular formula is C6H8Cl2N2. The summed E-state index contributed by atoms with van der Waals surface area (Å²) in [5, 5.41) is 3.26. The van der Waals surface area contributed by atoms with Gasteiger partial charge in [-0.25, -0.2) is 0 Å². The average molecular weight is 179 g/mol. The van der Waals surface area contributed by atoms with E-state index in [1.165, 1.54) is 0 Å². The summed E-state index contributed by atoms with van der Waals surface area (Å²) in [6.07, 6.45) is 3.13. The van der Waals surface area contributed by atoms with Crippen molar-refractivity contribution < 1.29 is 0 Å². The molecule has 1 N–H and O–H groups in total. The van der Waals surface area contributed by atoms with E-state index in [9.17, 15) is 0 Å². The molecule has 0 rings (SSSR count). The second kappa shape index (κ2) is 5.33. The Morgan fingerprint density at radius 3 is 2.60 bits per heavy atom. The van der Waals surface area contributed by atoms with Crippen LogP contribution in [-0.4, -0.2) is 13.3 Å². The van der Waals surface area contributed by atoms with E-state index in [1.54, 1.807) is 19.3 Å². The molecule has 0 radical (unpaired) electrons. The largest absolute Gasteiger partial charge is 0.337 e. The van der Waals surface area contributed by atoms with E-state index in [0.717, 1.165) is 0 Å². The van der Waals surface area contributed by atoms with Crippen molar-refractivity contribution in [3.8, 4) is 0 Å². The van der Waals surface area contributed by atoms with Crippen LogP contribution in [0.5, 0.6) is 0 Å². The molecule has 0 amide bonds. The third-order valence-electron chi connectivity index (χ3n) is 0.625. The van der Waals surface area contributed by atoms with E-state index < -0.39 is 0 Å². The fraction of sp³-hybridized carbons (Fsp3) is 0.167. The van der Waals surface area contributed by atoms with Crippen LogP contribution in [0.25, 0.3) is 0 Å². The lowest BCUT2D eigenvalue weighted by molar-refractivity contribution is 1.14. The molecule has 0 bridgehead atoms. The Balaban J connectivity index is 3.82. The van der Waals surface area contributed by atoms with Crippen molar-refractivity contribution in [3.05, 3.63) is 23.0 Å². The Morgan fingerprint density at radius 1 is 1.60 bits per heavy atom. The van der Waals surface area contributed by atoms with Gasteiger partial charge in [-0.05, 0) is 6.08 Å². The summed E-state index contributed by atoms with van der Waals surface area (Å²) in [5.41, 5.74) is 0. The molecule has 0 aromatic rings. The Labute approximate surface area is 70.2 Å². The van der Waals surface area contributed by atoms with Crippen LogP contribution in [0.1, 0.15) is 0 Å². The maximum Gasteiger partial charge on any atom is 0.108 e. The number of nitrogens with zero attached hydrogens (tertiary/aromatic N) is 1. The molecule has 0 saturated heterocycles. The predicted octanol–water partition coefficient (Wildman–Crippen LogP) is 2.07. The molecule has 2 nitrogen and oxygen atoms in total. The van der Waals surface area contributed by atoms with Gasteiger partial charge in [0.25, 0.3) is 0 Å². The summed E-state index contributed by atoms with van der Waals surface area (Å²) in [6, 6.07) is 0. The van der Waals surface area contributed by atoms with Gasteiger partial charge >= 0.3 is 0 Å². The van der Waals surface area contributed by atoms with Gasteiger partial charge in [-0.3, -0.25) is 4.99 Å². The zero-order valence-electron chi connectivity index (χ0n) is 5.56. The maximum absolute atomic E-state index is 5.57. The van der Waals surface area contributed by atoms with Gasteiger partial charge in [-0.15, -0.1) is 0 Å². The fourth-order valence-electron chi connectivity index (χ4n) is 0.311. The first-order chi connectivity index (χ1) is 4.66. The van der Waals surface area contributed by atoms with Gasteiger partial charge in [0, 0.05) is 13.3 Å². The quantitative estimate of drug-likeness (QED) is 0.520. The van der Waals surface area contributed by atoms with Gasteiger partial charge in [0.1, 0.15) is 5.16 Å². The summed E-state index contributed by atoms with van der Waals surface area (Å²) >= 11 is 10.9. The molecule has 4 heteroatoms. The number of allylic oxidation sites excluding steroid dienone is 1. The van der Waals surface area contributed by atoms with Crippen LogP contribution in [0.15, 0.2) is 28.0 Å². The monoisotopic (exact) mass is 178 g/mol. The highest BCUT2D eigenvalue weighted by molar-refractivity contribution is 6.33. The highest BCUT2D eigenvalue weighted by atomic mass is 35.5. The molecule has 0 aliphatic heterocycles. The van der Waals surface area contributed by atoms with Crippen molar-refractivity contribution in [1.82, 2.24) is 5.32 Å². The van der Waals surface area contributed by atoms with Gasteiger partial charge in [0.15, 0.2) is 0 Å². The van der Waals surface area contributed by atoms with E-state index in [4.69, 9.17) is 23.2 Å². The Kier molecular flexibility index (Phi) is 5.08. The van der Waals surface area contributed by atoms with Crippen LogP contribution < -0.4 is 5.32 Å². The van der Waals surface area contributed by atoms with E-state index in [0.29, 0.717) is 5.16 Å². The third kappa shape index (κ3) is 5.66. The smallest absolute Gasteiger partial charge is 0.108 e. The third-order valence-corrected chi connectivity index (χ3v) is 0.940. The Morgan fingerprint density at radius 2 is 2.20 bits per heavy atom. The second-order valence-electron chi connectivity index (χ2n) is 1.45. The molecule has 0 atom stereocenters. The minimum absolute atomic E-state index is 0.283. The number of halogens is 2. The lowest BCUT2D eigenvalue weighted by Crippen LogP contribution is -2.02. The van der Waals surface area contributed by atoms with Crippen molar-refractivity contribution in [3.63, 3.8) is 0 Å². The van der Waals surface area contributed by atoms with Crippen LogP contribution >= 0.6 is 23.2 Å². The lowest BCUT2D eigenvalue weighted by atomic mass is 10.6. The van der Waals surface area contributed by atoms with Gasteiger partial charge in [-0.1, -0.05) is 29.8 Å². The van der Waals surface area contributed by atoms with Crippen LogP contribution in [0.2, 0.25) is 0 Å². The highest BCUT2D eigenvalue weighted by Crippen LogP contribution is 2.00. The molecule has 10 heavy (non-hydrogen) atoms. The Bertz CT molecular complexity index is 173. The van der Waals surface area contributed by atoms with Gasteiger partial charge in [0.2, 0.25) is 0 Å². The van der Waals surface area contributed by atoms with Crippen molar-refractivity contribution in [1.29, 1.82) is 0 Å². The minimum Gasteiger partial charge on any atom is -0.337 e. The van der Waals surface area contributed by atoms with Gasteiger partial charge < -0.3 is 5.32 Å². The van der Waals surface area contributed by atoms with E-state index in [-0.39, 0.29) is 5.16 Å². The minimum atomic E-state index is 0.283. The molecule has 0 fully saturated rings. The molecule has 56 valence electrons. The molecule has 0 unspecified atom stereocenters. The predicted molar refractivity (Wildman–Crippen MR) is 46.5 cm³/mol. The normalized spacial score (nSPS) is 12.1. The van der Waals surface area contributed by atoms with Crippen LogP contribution in [0.3, 0.4) is 0 Å². The molecule has 0 aromatic carbocycles. The summed E-state index contributed by atoms with van der Waals surface area (Å²) in [5.74, 6) is 0. The fourth-order valence-corrected chi connectivity index (χ4v) is 0.632. The molecule has 0 aliphatic carbocycles. The lowest BCUT2D eigenvalue weighted by Gasteiger charge is -1.97. The van der Waals surface area contributed by atoms with Gasteiger partial charge in [-0.2, -0.15) is 0 Å². The molecule has 0 heterocycles. The first-order valence-corrected chi connectivity index (χ1v) is 3.31. The SMILES string of the molecule is C=C(Cl)NC(Cl)=CC=NC. The first-order valence-electron chi connectivity index (χ1n) is 2.56. The van der Waals surface area contributed by atoms with Crippen LogP contribution in [-0.2, 0) is 0 Å². The van der Waals surface area contributed by atoms with E-state index >= 15 is 0 Å². The zero-order chi connectivity index (χ0) is 7.98. The number of aliphatic imine (C=N–C) groups is 1. The van der Waals surface area contributed by atoms with Crippen molar-refractivity contribution in [2.45, 2.75) is 0 Å².